The van der Waals surface area contributed by atoms with Crippen LogP contribution in [0, 0.1) is 17.5 Å². The highest BCUT2D eigenvalue weighted by Gasteiger charge is 2.27. The molecule has 2 aromatic heterocycles. The van der Waals surface area contributed by atoms with Crippen LogP contribution in [-0.4, -0.2) is 44.8 Å². The minimum Gasteiger partial charge on any atom is -0.379 e. The van der Waals surface area contributed by atoms with Crippen molar-refractivity contribution in [1.82, 2.24) is 19.5 Å². The zero-order valence-electron chi connectivity index (χ0n) is 17.3. The quantitative estimate of drug-likeness (QED) is 0.549. The van der Waals surface area contributed by atoms with Crippen molar-refractivity contribution in [3.8, 4) is 0 Å². The summed E-state index contributed by atoms with van der Waals surface area (Å²) >= 11 is 0. The van der Waals surface area contributed by atoms with E-state index in [0.717, 1.165) is 25.7 Å². The first-order valence-electron chi connectivity index (χ1n) is 10.7. The summed E-state index contributed by atoms with van der Waals surface area (Å²) in [6.45, 7) is 0.976. The number of fused-ring (bicyclic) bond motifs is 1. The first kappa shape index (κ1) is 21.0. The molecule has 1 atom stereocenters. The van der Waals surface area contributed by atoms with Crippen molar-refractivity contribution in [3.63, 3.8) is 0 Å². The van der Waals surface area contributed by atoms with Gasteiger partial charge in [-0.3, -0.25) is 4.57 Å². The van der Waals surface area contributed by atoms with Crippen LogP contribution in [0.4, 0.5) is 30.8 Å². The molecule has 4 N–H and O–H groups in total. The van der Waals surface area contributed by atoms with Crippen molar-refractivity contribution in [2.24, 2.45) is 5.73 Å². The van der Waals surface area contributed by atoms with Crippen LogP contribution in [0.5, 0.6) is 0 Å². The predicted molar refractivity (Wildman–Crippen MR) is 113 cm³/mol. The Morgan fingerprint density at radius 3 is 2.47 bits per heavy atom. The van der Waals surface area contributed by atoms with Crippen molar-refractivity contribution in [2.75, 3.05) is 23.8 Å². The Morgan fingerprint density at radius 2 is 1.78 bits per heavy atom. The number of nitrogens with two attached hydrogens (primary N) is 1. The summed E-state index contributed by atoms with van der Waals surface area (Å²) in [5, 5.41) is 6.05. The predicted octanol–water partition coefficient (Wildman–Crippen LogP) is 3.63. The molecule has 0 spiro atoms. The van der Waals surface area contributed by atoms with Crippen LogP contribution in [0.15, 0.2) is 18.3 Å². The third-order valence-corrected chi connectivity index (χ3v) is 6.05. The van der Waals surface area contributed by atoms with Crippen molar-refractivity contribution in [3.05, 3.63) is 35.8 Å². The number of hydrogen-bond acceptors (Lipinski definition) is 7. The first-order valence-corrected chi connectivity index (χ1v) is 10.7. The van der Waals surface area contributed by atoms with Crippen molar-refractivity contribution in [2.45, 2.75) is 50.2 Å². The van der Waals surface area contributed by atoms with Gasteiger partial charge in [0.1, 0.15) is 17.0 Å². The summed E-state index contributed by atoms with van der Waals surface area (Å²) in [7, 11) is 0. The lowest BCUT2D eigenvalue weighted by Crippen LogP contribution is -2.33. The molecule has 8 nitrogen and oxygen atoms in total. The maximum Gasteiger partial charge on any atom is 0.224 e. The van der Waals surface area contributed by atoms with Gasteiger partial charge in [0.2, 0.25) is 11.9 Å². The van der Waals surface area contributed by atoms with Gasteiger partial charge in [-0.25, -0.2) is 23.1 Å². The zero-order valence-corrected chi connectivity index (χ0v) is 17.3. The maximum atomic E-state index is 14.3. The van der Waals surface area contributed by atoms with Gasteiger partial charge >= 0.3 is 0 Å². The molecule has 32 heavy (non-hydrogen) atoms. The molecule has 1 aliphatic heterocycles. The topological polar surface area (TPSA) is 103 Å². The molecule has 0 radical (unpaired) electrons. The Kier molecular flexibility index (Phi) is 5.60. The minimum absolute atomic E-state index is 0.121. The van der Waals surface area contributed by atoms with E-state index in [4.69, 9.17) is 10.5 Å². The average molecular weight is 447 g/mol. The molecule has 2 aliphatic rings. The van der Waals surface area contributed by atoms with Crippen molar-refractivity contribution in [1.29, 1.82) is 0 Å². The average Bonchev–Trinajstić information content (AvgIpc) is 3.39. The van der Waals surface area contributed by atoms with Crippen LogP contribution >= 0.6 is 0 Å². The number of halogens is 3. The van der Waals surface area contributed by atoms with Gasteiger partial charge < -0.3 is 21.1 Å². The van der Waals surface area contributed by atoms with Gasteiger partial charge in [0, 0.05) is 30.8 Å². The summed E-state index contributed by atoms with van der Waals surface area (Å²) in [5.41, 5.74) is 6.50. The molecule has 1 saturated heterocycles. The molecule has 0 unspecified atom stereocenters. The van der Waals surface area contributed by atoms with E-state index < -0.39 is 23.1 Å². The van der Waals surface area contributed by atoms with Crippen LogP contribution < -0.4 is 16.4 Å². The zero-order chi connectivity index (χ0) is 22.2. The lowest BCUT2D eigenvalue weighted by atomic mass is 9.92. The molecule has 0 amide bonds. The Bertz CT molecular complexity index is 1100. The van der Waals surface area contributed by atoms with Crippen molar-refractivity contribution < 1.29 is 17.9 Å². The van der Waals surface area contributed by atoms with Crippen LogP contribution in [0.25, 0.3) is 11.2 Å². The second-order valence-corrected chi connectivity index (χ2v) is 8.35. The van der Waals surface area contributed by atoms with Crippen LogP contribution in [0.3, 0.4) is 0 Å². The van der Waals surface area contributed by atoms with Crippen LogP contribution in [0.1, 0.15) is 38.1 Å². The first-order chi connectivity index (χ1) is 15.5. The van der Waals surface area contributed by atoms with E-state index in [1.165, 1.54) is 0 Å². The van der Waals surface area contributed by atoms with E-state index in [1.54, 1.807) is 10.8 Å². The van der Waals surface area contributed by atoms with Gasteiger partial charge in [-0.05, 0) is 32.1 Å². The van der Waals surface area contributed by atoms with Gasteiger partial charge in [0.05, 0.1) is 18.8 Å². The molecule has 1 saturated carbocycles. The van der Waals surface area contributed by atoms with Gasteiger partial charge in [-0.2, -0.15) is 4.98 Å². The fourth-order valence-electron chi connectivity index (χ4n) is 4.34. The summed E-state index contributed by atoms with van der Waals surface area (Å²) < 4.78 is 49.1. The monoisotopic (exact) mass is 447 g/mol. The highest BCUT2D eigenvalue weighted by Crippen LogP contribution is 2.32. The number of imidazole rings is 1. The summed E-state index contributed by atoms with van der Waals surface area (Å²) in [6, 6.07) is 1.59. The molecular formula is C21H24F3N7O. The summed E-state index contributed by atoms with van der Waals surface area (Å²) in [6.07, 6.45) is 6.04. The van der Waals surface area contributed by atoms with E-state index >= 15 is 0 Å². The molecule has 5 rings (SSSR count). The van der Waals surface area contributed by atoms with E-state index in [0.29, 0.717) is 48.9 Å². The van der Waals surface area contributed by atoms with E-state index in [-0.39, 0.29) is 24.1 Å². The van der Waals surface area contributed by atoms with Gasteiger partial charge in [-0.15, -0.1) is 0 Å². The highest BCUT2D eigenvalue weighted by molar-refractivity contribution is 5.76. The van der Waals surface area contributed by atoms with Gasteiger partial charge in [-0.1, -0.05) is 0 Å². The number of aromatic nitrogens is 4. The Labute approximate surface area is 182 Å². The standard InChI is InChI=1S/C21H24F3N7O/c22-11-7-15(23)18(16(24)8-11)29-21-28-17-9-26-20(27-13-3-1-12(25)2-4-13)30-19(17)31(21)14-5-6-32-10-14/h7-9,12-14H,1-6,10,25H2,(H,28,29)(H,26,27,30)/t12-,13-,14-/m1/s1. The SMILES string of the molecule is N[C@H]1CC[C@H](Nc2ncc3nc(Nc4c(F)cc(F)cc4F)n([C@@H]4CCOC4)c3n2)CC1. The third-order valence-electron chi connectivity index (χ3n) is 6.05. The number of nitrogens with one attached hydrogen (secondary N) is 2. The minimum atomic E-state index is -1.05. The van der Waals surface area contributed by atoms with E-state index in [1.807, 2.05) is 0 Å². The second kappa shape index (κ2) is 8.55. The van der Waals surface area contributed by atoms with Crippen LogP contribution in [-0.2, 0) is 4.74 Å². The molecule has 0 bridgehead atoms. The van der Waals surface area contributed by atoms with Crippen LogP contribution in [0.2, 0.25) is 0 Å². The highest BCUT2D eigenvalue weighted by atomic mass is 19.1. The fourth-order valence-corrected chi connectivity index (χ4v) is 4.34. The second-order valence-electron chi connectivity index (χ2n) is 8.35. The molecule has 11 heteroatoms. The number of anilines is 3. The van der Waals surface area contributed by atoms with Gasteiger partial charge in [0.25, 0.3) is 0 Å². The number of rotatable bonds is 5. The molecule has 1 aliphatic carbocycles. The normalized spacial score (nSPS) is 23.6. The molecular weight excluding hydrogens is 423 g/mol. The molecule has 3 aromatic rings. The third kappa shape index (κ3) is 4.09. The summed E-state index contributed by atoms with van der Waals surface area (Å²) in [5.74, 6) is -2.44. The van der Waals surface area contributed by atoms with E-state index in [2.05, 4.69) is 25.6 Å². The van der Waals surface area contributed by atoms with E-state index in [9.17, 15) is 13.2 Å². The lowest BCUT2D eigenvalue weighted by Gasteiger charge is -2.26. The lowest BCUT2D eigenvalue weighted by molar-refractivity contribution is 0.187. The molecule has 2 fully saturated rings. The molecule has 170 valence electrons. The Balaban J connectivity index is 1.51. The smallest absolute Gasteiger partial charge is 0.224 e. The summed E-state index contributed by atoms with van der Waals surface area (Å²) in [4.78, 5) is 13.5. The molecule has 1 aromatic carbocycles. The Morgan fingerprint density at radius 1 is 1.03 bits per heavy atom. The number of benzene rings is 1. The largest absolute Gasteiger partial charge is 0.379 e. The number of nitrogens with zero attached hydrogens (tertiary/aromatic N) is 4. The van der Waals surface area contributed by atoms with Crippen molar-refractivity contribution >= 4 is 28.7 Å². The number of ether oxygens (including phenoxy) is 1. The fraction of sp³-hybridized carbons (Fsp3) is 0.476. The maximum absolute atomic E-state index is 14.3. The van der Waals surface area contributed by atoms with Gasteiger partial charge in [0.15, 0.2) is 17.3 Å². The Hall–Kier alpha value is -2.92. The number of hydrogen-bond donors (Lipinski definition) is 3. The molecule has 3 heterocycles.